The standard InChI is InChI=1S/C21H19ClN6O2S2/c1-30-9-8-24-20(29)17-12-31-18(25-17)13-32-21-27-26-19(14-4-3-7-23-11-14)28(21)16-6-2-5-15(22)10-16/h2-7,10-12H,8-9,13H2,1H3,(H,24,29). The van der Waals surface area contributed by atoms with Crippen LogP contribution in [0.15, 0.2) is 59.3 Å². The second kappa shape index (κ2) is 10.7. The molecule has 4 aromatic rings. The molecule has 3 heterocycles. The smallest absolute Gasteiger partial charge is 0.270 e. The lowest BCUT2D eigenvalue weighted by Crippen LogP contribution is -2.27. The zero-order valence-corrected chi connectivity index (χ0v) is 19.5. The molecule has 0 atom stereocenters. The Morgan fingerprint density at radius 3 is 2.97 bits per heavy atom. The molecule has 0 spiro atoms. The molecule has 1 amide bonds. The van der Waals surface area contributed by atoms with Crippen LogP contribution in [0, 0.1) is 0 Å². The highest BCUT2D eigenvalue weighted by Gasteiger charge is 2.18. The molecule has 1 aromatic carbocycles. The van der Waals surface area contributed by atoms with E-state index in [2.05, 4.69) is 25.5 Å². The molecule has 164 valence electrons. The first-order chi connectivity index (χ1) is 15.7. The molecule has 0 bridgehead atoms. The first-order valence-electron chi connectivity index (χ1n) is 9.62. The number of nitrogens with one attached hydrogen (secondary N) is 1. The summed E-state index contributed by atoms with van der Waals surface area (Å²) in [5.74, 6) is 0.998. The number of aromatic nitrogens is 5. The van der Waals surface area contributed by atoms with Gasteiger partial charge in [0.05, 0.1) is 18.0 Å². The van der Waals surface area contributed by atoms with Crippen LogP contribution in [-0.2, 0) is 10.5 Å². The molecule has 0 fully saturated rings. The Balaban J connectivity index is 1.56. The molecular formula is C21H19ClN6O2S2. The number of thioether (sulfide) groups is 1. The number of carbonyl (C=O) groups excluding carboxylic acids is 1. The summed E-state index contributed by atoms with van der Waals surface area (Å²) in [6.45, 7) is 0.897. The summed E-state index contributed by atoms with van der Waals surface area (Å²) in [5.41, 5.74) is 2.09. The molecule has 32 heavy (non-hydrogen) atoms. The highest BCUT2D eigenvalue weighted by Crippen LogP contribution is 2.31. The van der Waals surface area contributed by atoms with Gasteiger partial charge in [-0.3, -0.25) is 14.3 Å². The van der Waals surface area contributed by atoms with Crippen molar-refractivity contribution in [1.82, 2.24) is 30.0 Å². The predicted molar refractivity (Wildman–Crippen MR) is 125 cm³/mol. The second-order valence-electron chi connectivity index (χ2n) is 6.53. The van der Waals surface area contributed by atoms with E-state index < -0.39 is 0 Å². The number of thiazole rings is 1. The summed E-state index contributed by atoms with van der Waals surface area (Å²) in [6, 6.07) is 11.3. The van der Waals surface area contributed by atoms with Gasteiger partial charge < -0.3 is 10.1 Å². The van der Waals surface area contributed by atoms with Crippen LogP contribution in [0.25, 0.3) is 17.1 Å². The molecular weight excluding hydrogens is 468 g/mol. The number of hydrogen-bond acceptors (Lipinski definition) is 8. The van der Waals surface area contributed by atoms with E-state index in [9.17, 15) is 4.79 Å². The molecule has 0 aliphatic rings. The number of hydrogen-bond donors (Lipinski definition) is 1. The fraction of sp³-hybridized carbons (Fsp3) is 0.190. The number of nitrogens with zero attached hydrogens (tertiary/aromatic N) is 5. The van der Waals surface area contributed by atoms with Crippen molar-refractivity contribution >= 4 is 40.6 Å². The lowest BCUT2D eigenvalue weighted by molar-refractivity contribution is 0.0932. The van der Waals surface area contributed by atoms with Crippen molar-refractivity contribution in [2.75, 3.05) is 20.3 Å². The molecule has 0 saturated heterocycles. The summed E-state index contributed by atoms with van der Waals surface area (Å²) in [4.78, 5) is 20.8. The third-order valence-electron chi connectivity index (χ3n) is 4.32. The monoisotopic (exact) mass is 486 g/mol. The molecule has 8 nitrogen and oxygen atoms in total. The number of amides is 1. The zero-order chi connectivity index (χ0) is 22.3. The topological polar surface area (TPSA) is 94.8 Å². The maximum atomic E-state index is 12.2. The number of ether oxygens (including phenoxy) is 1. The van der Waals surface area contributed by atoms with Gasteiger partial charge in [0.2, 0.25) is 0 Å². The van der Waals surface area contributed by atoms with Crippen molar-refractivity contribution in [1.29, 1.82) is 0 Å². The first kappa shape index (κ1) is 22.4. The second-order valence-corrected chi connectivity index (χ2v) is 8.85. The van der Waals surface area contributed by atoms with Crippen molar-refractivity contribution in [2.45, 2.75) is 10.9 Å². The molecule has 0 unspecified atom stereocenters. The molecule has 0 radical (unpaired) electrons. The van der Waals surface area contributed by atoms with Gasteiger partial charge in [0.25, 0.3) is 5.91 Å². The van der Waals surface area contributed by atoms with Gasteiger partial charge in [-0.1, -0.05) is 29.4 Å². The van der Waals surface area contributed by atoms with Crippen LogP contribution in [0.4, 0.5) is 0 Å². The Bertz CT molecular complexity index is 1200. The minimum absolute atomic E-state index is 0.212. The molecule has 0 saturated carbocycles. The average molecular weight is 487 g/mol. The lowest BCUT2D eigenvalue weighted by Gasteiger charge is -2.10. The van der Waals surface area contributed by atoms with Gasteiger partial charge in [0.15, 0.2) is 11.0 Å². The van der Waals surface area contributed by atoms with Crippen molar-refractivity contribution in [2.24, 2.45) is 0 Å². The number of benzene rings is 1. The summed E-state index contributed by atoms with van der Waals surface area (Å²) in [6.07, 6.45) is 3.46. The van der Waals surface area contributed by atoms with Crippen LogP contribution < -0.4 is 5.32 Å². The van der Waals surface area contributed by atoms with Crippen LogP contribution in [0.5, 0.6) is 0 Å². The van der Waals surface area contributed by atoms with Crippen LogP contribution in [0.2, 0.25) is 5.02 Å². The lowest BCUT2D eigenvalue weighted by atomic mass is 10.2. The predicted octanol–water partition coefficient (Wildman–Crippen LogP) is 4.11. The van der Waals surface area contributed by atoms with Crippen molar-refractivity contribution in [3.63, 3.8) is 0 Å². The number of rotatable bonds is 9. The van der Waals surface area contributed by atoms with E-state index in [1.807, 2.05) is 41.0 Å². The molecule has 1 N–H and O–H groups in total. The normalized spacial score (nSPS) is 10.9. The molecule has 11 heteroatoms. The van der Waals surface area contributed by atoms with E-state index in [-0.39, 0.29) is 5.91 Å². The van der Waals surface area contributed by atoms with E-state index in [1.165, 1.54) is 23.1 Å². The third-order valence-corrected chi connectivity index (χ3v) is 6.53. The van der Waals surface area contributed by atoms with Gasteiger partial charge in [-0.25, -0.2) is 4.98 Å². The van der Waals surface area contributed by atoms with Gasteiger partial charge in [0.1, 0.15) is 10.7 Å². The Morgan fingerprint density at radius 2 is 2.19 bits per heavy atom. The Labute approximate surface area is 198 Å². The third kappa shape index (κ3) is 5.33. The summed E-state index contributed by atoms with van der Waals surface area (Å²) < 4.78 is 6.89. The maximum Gasteiger partial charge on any atom is 0.270 e. The summed E-state index contributed by atoms with van der Waals surface area (Å²) >= 11 is 9.15. The average Bonchev–Trinajstić information content (AvgIpc) is 3.46. The van der Waals surface area contributed by atoms with Gasteiger partial charge in [0, 0.05) is 42.0 Å². The first-order valence-corrected chi connectivity index (χ1v) is 11.9. The number of methoxy groups -OCH3 is 1. The largest absolute Gasteiger partial charge is 0.383 e. The van der Waals surface area contributed by atoms with Crippen molar-refractivity contribution in [3.8, 4) is 17.1 Å². The van der Waals surface area contributed by atoms with Gasteiger partial charge in [-0.2, -0.15) is 0 Å². The number of halogens is 1. The minimum Gasteiger partial charge on any atom is -0.383 e. The van der Waals surface area contributed by atoms with Crippen LogP contribution in [-0.4, -0.2) is 50.9 Å². The summed E-state index contributed by atoms with van der Waals surface area (Å²) in [5, 5.41) is 15.4. The van der Waals surface area contributed by atoms with Gasteiger partial charge in [-0.15, -0.1) is 21.5 Å². The quantitative estimate of drug-likeness (QED) is 0.281. The zero-order valence-electron chi connectivity index (χ0n) is 17.1. The minimum atomic E-state index is -0.212. The molecule has 4 rings (SSSR count). The Morgan fingerprint density at radius 1 is 1.28 bits per heavy atom. The highest BCUT2D eigenvalue weighted by molar-refractivity contribution is 7.98. The van der Waals surface area contributed by atoms with Crippen LogP contribution in [0.1, 0.15) is 15.5 Å². The number of pyridine rings is 1. The Hall–Kier alpha value is -2.79. The van der Waals surface area contributed by atoms with E-state index in [4.69, 9.17) is 16.3 Å². The van der Waals surface area contributed by atoms with E-state index in [0.29, 0.717) is 40.6 Å². The van der Waals surface area contributed by atoms with Crippen LogP contribution in [0.3, 0.4) is 0 Å². The SMILES string of the molecule is COCCNC(=O)c1csc(CSc2nnc(-c3cccnc3)n2-c2cccc(Cl)c2)n1. The molecule has 0 aliphatic carbocycles. The van der Waals surface area contributed by atoms with E-state index in [1.54, 1.807) is 24.9 Å². The van der Waals surface area contributed by atoms with E-state index >= 15 is 0 Å². The van der Waals surface area contributed by atoms with E-state index in [0.717, 1.165) is 16.3 Å². The molecule has 0 aliphatic heterocycles. The fourth-order valence-electron chi connectivity index (χ4n) is 2.86. The molecule has 3 aromatic heterocycles. The van der Waals surface area contributed by atoms with Crippen molar-refractivity contribution < 1.29 is 9.53 Å². The highest BCUT2D eigenvalue weighted by atomic mass is 35.5. The van der Waals surface area contributed by atoms with Crippen LogP contribution >= 0.6 is 34.7 Å². The summed E-state index contributed by atoms with van der Waals surface area (Å²) in [7, 11) is 1.59. The van der Waals surface area contributed by atoms with Crippen molar-refractivity contribution in [3.05, 3.63) is 69.9 Å². The fourth-order valence-corrected chi connectivity index (χ4v) is 4.79. The Kier molecular flexibility index (Phi) is 7.48. The van der Waals surface area contributed by atoms with Gasteiger partial charge >= 0.3 is 0 Å². The maximum absolute atomic E-state index is 12.2. The van der Waals surface area contributed by atoms with Gasteiger partial charge in [-0.05, 0) is 30.3 Å². The number of carbonyl (C=O) groups is 1.